The molecule has 0 bridgehead atoms. The molecule has 2 aliphatic rings. The molecular formula is C16H22FN3O. The lowest BCUT2D eigenvalue weighted by Gasteiger charge is -2.22. The van der Waals surface area contributed by atoms with Crippen molar-refractivity contribution in [1.29, 1.82) is 0 Å². The monoisotopic (exact) mass is 291 g/mol. The summed E-state index contributed by atoms with van der Waals surface area (Å²) in [7, 11) is 0. The van der Waals surface area contributed by atoms with Crippen molar-refractivity contribution in [2.45, 2.75) is 25.7 Å². The van der Waals surface area contributed by atoms with Gasteiger partial charge in [0.1, 0.15) is 5.82 Å². The molecule has 0 aliphatic carbocycles. The Kier molecular flexibility index (Phi) is 4.39. The van der Waals surface area contributed by atoms with E-state index in [0.717, 1.165) is 45.3 Å². The molecule has 2 aliphatic heterocycles. The van der Waals surface area contributed by atoms with Crippen LogP contribution in [0.25, 0.3) is 0 Å². The molecule has 5 heteroatoms. The standard InChI is InChI=1S/C16H22FN3O/c17-14-10-13(5-6-15(14)20-8-1-2-9-20)19-16(21)12-4-3-7-18-11-12/h5-6,10,12,18H,1-4,7-9,11H2,(H,19,21)/t12-/m0/s1. The van der Waals surface area contributed by atoms with E-state index >= 15 is 0 Å². The highest BCUT2D eigenvalue weighted by molar-refractivity contribution is 5.93. The molecule has 2 N–H and O–H groups in total. The first kappa shape index (κ1) is 14.3. The maximum absolute atomic E-state index is 14.2. The number of nitrogens with zero attached hydrogens (tertiary/aromatic N) is 1. The van der Waals surface area contributed by atoms with Crippen LogP contribution in [0.5, 0.6) is 0 Å². The lowest BCUT2D eigenvalue weighted by atomic mass is 9.99. The molecule has 1 amide bonds. The van der Waals surface area contributed by atoms with Crippen LogP contribution in [-0.2, 0) is 4.79 Å². The lowest BCUT2D eigenvalue weighted by molar-refractivity contribution is -0.120. The van der Waals surface area contributed by atoms with Gasteiger partial charge in [0.15, 0.2) is 0 Å². The molecule has 2 saturated heterocycles. The van der Waals surface area contributed by atoms with Crippen molar-refractivity contribution in [3.63, 3.8) is 0 Å². The molecule has 1 aromatic carbocycles. The summed E-state index contributed by atoms with van der Waals surface area (Å²) in [6.07, 6.45) is 4.15. The molecular weight excluding hydrogens is 269 g/mol. The average Bonchev–Trinajstić information content (AvgIpc) is 3.02. The van der Waals surface area contributed by atoms with E-state index in [1.54, 1.807) is 12.1 Å². The van der Waals surface area contributed by atoms with E-state index in [9.17, 15) is 9.18 Å². The van der Waals surface area contributed by atoms with Gasteiger partial charge < -0.3 is 15.5 Å². The topological polar surface area (TPSA) is 44.4 Å². The Morgan fingerprint density at radius 3 is 2.76 bits per heavy atom. The number of benzene rings is 1. The molecule has 0 radical (unpaired) electrons. The van der Waals surface area contributed by atoms with Gasteiger partial charge in [0.2, 0.25) is 5.91 Å². The van der Waals surface area contributed by atoms with Crippen molar-refractivity contribution in [3.8, 4) is 0 Å². The van der Waals surface area contributed by atoms with Crippen LogP contribution >= 0.6 is 0 Å². The predicted octanol–water partition coefficient (Wildman–Crippen LogP) is 2.36. The van der Waals surface area contributed by atoms with Gasteiger partial charge in [-0.15, -0.1) is 0 Å². The Bertz CT molecular complexity index is 508. The summed E-state index contributed by atoms with van der Waals surface area (Å²) in [5.41, 5.74) is 1.19. The minimum atomic E-state index is -0.253. The normalized spacial score (nSPS) is 22.3. The van der Waals surface area contributed by atoms with Gasteiger partial charge in [-0.1, -0.05) is 0 Å². The van der Waals surface area contributed by atoms with Crippen LogP contribution in [0.2, 0.25) is 0 Å². The van der Waals surface area contributed by atoms with E-state index in [-0.39, 0.29) is 17.6 Å². The summed E-state index contributed by atoms with van der Waals surface area (Å²) in [5.74, 6) is -0.285. The number of amides is 1. The van der Waals surface area contributed by atoms with Gasteiger partial charge in [-0.3, -0.25) is 4.79 Å². The maximum Gasteiger partial charge on any atom is 0.228 e. The van der Waals surface area contributed by atoms with Crippen LogP contribution in [0.3, 0.4) is 0 Å². The average molecular weight is 291 g/mol. The molecule has 1 aromatic rings. The van der Waals surface area contributed by atoms with E-state index in [1.165, 1.54) is 6.07 Å². The van der Waals surface area contributed by atoms with Gasteiger partial charge in [-0.05, 0) is 50.4 Å². The molecule has 2 heterocycles. The van der Waals surface area contributed by atoms with Crippen molar-refractivity contribution < 1.29 is 9.18 Å². The third kappa shape index (κ3) is 3.35. The Morgan fingerprint density at radius 1 is 1.29 bits per heavy atom. The summed E-state index contributed by atoms with van der Waals surface area (Å²) >= 11 is 0. The second-order valence-electron chi connectivity index (χ2n) is 5.89. The molecule has 114 valence electrons. The number of hydrogen-bond donors (Lipinski definition) is 2. The van der Waals surface area contributed by atoms with Crippen LogP contribution < -0.4 is 15.5 Å². The van der Waals surface area contributed by atoms with Crippen LogP contribution in [0, 0.1) is 11.7 Å². The molecule has 2 fully saturated rings. The number of carbonyl (C=O) groups is 1. The van der Waals surface area contributed by atoms with Crippen LogP contribution in [0.4, 0.5) is 15.8 Å². The lowest BCUT2D eigenvalue weighted by Crippen LogP contribution is -2.37. The number of carbonyl (C=O) groups excluding carboxylic acids is 1. The third-order valence-corrected chi connectivity index (χ3v) is 4.33. The van der Waals surface area contributed by atoms with Gasteiger partial charge in [0.25, 0.3) is 0 Å². The Hall–Kier alpha value is -1.62. The smallest absolute Gasteiger partial charge is 0.228 e. The van der Waals surface area contributed by atoms with E-state index in [0.29, 0.717) is 17.9 Å². The number of rotatable bonds is 3. The molecule has 0 unspecified atom stereocenters. The Balaban J connectivity index is 1.65. The third-order valence-electron chi connectivity index (χ3n) is 4.33. The number of piperidine rings is 1. The minimum absolute atomic E-state index is 0.0138. The number of hydrogen-bond acceptors (Lipinski definition) is 3. The van der Waals surface area contributed by atoms with Crippen molar-refractivity contribution in [1.82, 2.24) is 5.32 Å². The van der Waals surface area contributed by atoms with Gasteiger partial charge in [-0.2, -0.15) is 0 Å². The quantitative estimate of drug-likeness (QED) is 0.898. The van der Waals surface area contributed by atoms with Crippen LogP contribution in [0.1, 0.15) is 25.7 Å². The molecule has 21 heavy (non-hydrogen) atoms. The molecule has 3 rings (SSSR count). The SMILES string of the molecule is O=C(Nc1ccc(N2CCCC2)c(F)c1)[C@H]1CCCNC1. The maximum atomic E-state index is 14.2. The zero-order valence-electron chi connectivity index (χ0n) is 12.2. The molecule has 0 spiro atoms. The van der Waals surface area contributed by atoms with Crippen molar-refractivity contribution in [3.05, 3.63) is 24.0 Å². The first-order chi connectivity index (χ1) is 10.2. The van der Waals surface area contributed by atoms with E-state index in [4.69, 9.17) is 0 Å². The second kappa shape index (κ2) is 6.43. The Morgan fingerprint density at radius 2 is 2.10 bits per heavy atom. The van der Waals surface area contributed by atoms with Crippen molar-refractivity contribution in [2.24, 2.45) is 5.92 Å². The van der Waals surface area contributed by atoms with Crippen LogP contribution in [0.15, 0.2) is 18.2 Å². The van der Waals surface area contributed by atoms with Gasteiger partial charge in [0, 0.05) is 25.3 Å². The van der Waals surface area contributed by atoms with E-state index in [2.05, 4.69) is 15.5 Å². The summed E-state index contributed by atoms with van der Waals surface area (Å²) in [6.45, 7) is 3.51. The first-order valence-corrected chi connectivity index (χ1v) is 7.80. The molecule has 1 atom stereocenters. The highest BCUT2D eigenvalue weighted by Crippen LogP contribution is 2.26. The molecule has 4 nitrogen and oxygen atoms in total. The highest BCUT2D eigenvalue weighted by atomic mass is 19.1. The number of nitrogens with one attached hydrogen (secondary N) is 2. The van der Waals surface area contributed by atoms with Gasteiger partial charge in [-0.25, -0.2) is 4.39 Å². The summed E-state index contributed by atoms with van der Waals surface area (Å²) in [4.78, 5) is 14.2. The fourth-order valence-electron chi connectivity index (χ4n) is 3.12. The van der Waals surface area contributed by atoms with E-state index < -0.39 is 0 Å². The summed E-state index contributed by atoms with van der Waals surface area (Å²) < 4.78 is 14.2. The minimum Gasteiger partial charge on any atom is -0.369 e. The fraction of sp³-hybridized carbons (Fsp3) is 0.562. The predicted molar refractivity (Wildman–Crippen MR) is 82.1 cm³/mol. The Labute approximate surface area is 124 Å². The first-order valence-electron chi connectivity index (χ1n) is 7.80. The van der Waals surface area contributed by atoms with E-state index in [1.807, 2.05) is 0 Å². The largest absolute Gasteiger partial charge is 0.369 e. The summed E-state index contributed by atoms with van der Waals surface area (Å²) in [6, 6.07) is 5.00. The summed E-state index contributed by atoms with van der Waals surface area (Å²) in [5, 5.41) is 6.05. The fourth-order valence-corrected chi connectivity index (χ4v) is 3.12. The zero-order valence-corrected chi connectivity index (χ0v) is 12.2. The number of anilines is 2. The van der Waals surface area contributed by atoms with Crippen molar-refractivity contribution in [2.75, 3.05) is 36.4 Å². The zero-order chi connectivity index (χ0) is 14.7. The molecule has 0 saturated carbocycles. The van der Waals surface area contributed by atoms with Gasteiger partial charge >= 0.3 is 0 Å². The van der Waals surface area contributed by atoms with Gasteiger partial charge in [0.05, 0.1) is 11.6 Å². The molecule has 0 aromatic heterocycles. The highest BCUT2D eigenvalue weighted by Gasteiger charge is 2.21. The van der Waals surface area contributed by atoms with Crippen LogP contribution in [-0.4, -0.2) is 32.1 Å². The second-order valence-corrected chi connectivity index (χ2v) is 5.89. The van der Waals surface area contributed by atoms with Crippen molar-refractivity contribution >= 4 is 17.3 Å². The number of halogens is 1.